The Labute approximate surface area is 113 Å². The topological polar surface area (TPSA) is 57.6 Å². The minimum absolute atomic E-state index is 0.198. The van der Waals surface area contributed by atoms with Crippen molar-refractivity contribution in [3.05, 3.63) is 66.0 Å². The number of hydrogen-bond donors (Lipinski definition) is 1. The smallest absolute Gasteiger partial charge is 0.267 e. The second-order valence-electron chi connectivity index (χ2n) is 4.16. The normalized spacial score (nSPS) is 15.3. The highest BCUT2D eigenvalue weighted by Gasteiger charge is 2.24. The maximum absolute atomic E-state index is 12.5. The maximum atomic E-state index is 12.5. The molecule has 1 aromatic rings. The van der Waals surface area contributed by atoms with Gasteiger partial charge in [0.15, 0.2) is 0 Å². The third-order valence-electron chi connectivity index (χ3n) is 2.76. The van der Waals surface area contributed by atoms with E-state index in [2.05, 4.69) is 0 Å². The lowest BCUT2D eigenvalue weighted by molar-refractivity contribution is 0.310. The average Bonchev–Trinajstić information content (AvgIpc) is 2.64. The number of sulfonamides is 1. The van der Waals surface area contributed by atoms with Gasteiger partial charge < -0.3 is 5.11 Å². The van der Waals surface area contributed by atoms with Gasteiger partial charge in [-0.3, -0.25) is 0 Å². The van der Waals surface area contributed by atoms with Crippen molar-refractivity contribution in [3.63, 3.8) is 0 Å². The van der Waals surface area contributed by atoms with Crippen LogP contribution in [0.5, 0.6) is 0 Å². The molecule has 2 rings (SSSR count). The first-order valence-corrected chi connectivity index (χ1v) is 7.26. The lowest BCUT2D eigenvalue weighted by Gasteiger charge is -2.21. The Morgan fingerprint density at radius 1 is 1.11 bits per heavy atom. The van der Waals surface area contributed by atoms with Crippen LogP contribution in [0, 0.1) is 6.92 Å². The van der Waals surface area contributed by atoms with Crippen LogP contribution in [0.25, 0.3) is 0 Å². The van der Waals surface area contributed by atoms with E-state index < -0.39 is 10.0 Å². The molecule has 1 aliphatic rings. The molecule has 0 fully saturated rings. The summed E-state index contributed by atoms with van der Waals surface area (Å²) in [4.78, 5) is 0.198. The van der Waals surface area contributed by atoms with Crippen LogP contribution in [0.3, 0.4) is 0 Å². The van der Waals surface area contributed by atoms with Gasteiger partial charge in [-0.25, -0.2) is 12.7 Å². The van der Waals surface area contributed by atoms with E-state index in [0.29, 0.717) is 5.70 Å². The van der Waals surface area contributed by atoms with E-state index in [-0.39, 0.29) is 11.5 Å². The second-order valence-corrected chi connectivity index (χ2v) is 5.97. The van der Waals surface area contributed by atoms with E-state index in [1.807, 2.05) is 6.92 Å². The van der Waals surface area contributed by atoms with Gasteiger partial charge in [0.05, 0.1) is 17.2 Å². The fourth-order valence-electron chi connectivity index (χ4n) is 1.71. The van der Waals surface area contributed by atoms with E-state index in [9.17, 15) is 13.5 Å². The van der Waals surface area contributed by atoms with Crippen LogP contribution >= 0.6 is 0 Å². The molecule has 0 saturated carbocycles. The molecule has 4 nitrogen and oxygen atoms in total. The highest BCUT2D eigenvalue weighted by Crippen LogP contribution is 2.22. The molecule has 1 heterocycles. The number of aliphatic hydroxyl groups excluding tert-OH is 1. The van der Waals surface area contributed by atoms with Gasteiger partial charge in [0.1, 0.15) is 0 Å². The molecule has 0 unspecified atom stereocenters. The molecule has 100 valence electrons. The van der Waals surface area contributed by atoms with E-state index in [4.69, 9.17) is 0 Å². The Hall–Kier alpha value is -1.85. The summed E-state index contributed by atoms with van der Waals surface area (Å²) in [6, 6.07) is 6.61. The number of hydrogen-bond acceptors (Lipinski definition) is 3. The molecule has 0 aromatic heterocycles. The largest absolute Gasteiger partial charge is 0.390 e. The predicted octanol–water partition coefficient (Wildman–Crippen LogP) is 1.95. The quantitative estimate of drug-likeness (QED) is 0.918. The summed E-state index contributed by atoms with van der Waals surface area (Å²) in [5.41, 5.74) is 1.30. The van der Waals surface area contributed by atoms with Crippen molar-refractivity contribution in [1.29, 1.82) is 0 Å². The van der Waals surface area contributed by atoms with E-state index in [1.54, 1.807) is 48.6 Å². The summed E-state index contributed by atoms with van der Waals surface area (Å²) in [7, 11) is -3.69. The molecule has 0 saturated heterocycles. The molecule has 0 amide bonds. The molecular formula is C14H15NO3S. The van der Waals surface area contributed by atoms with Crippen LogP contribution in [-0.4, -0.2) is 24.4 Å². The predicted molar refractivity (Wildman–Crippen MR) is 73.7 cm³/mol. The lowest BCUT2D eigenvalue weighted by Crippen LogP contribution is -2.26. The first kappa shape index (κ1) is 13.6. The fourth-order valence-corrected chi connectivity index (χ4v) is 3.07. The van der Waals surface area contributed by atoms with E-state index in [1.165, 1.54) is 6.20 Å². The van der Waals surface area contributed by atoms with Gasteiger partial charge in [-0.1, -0.05) is 29.8 Å². The van der Waals surface area contributed by atoms with Crippen molar-refractivity contribution in [2.24, 2.45) is 0 Å². The second kappa shape index (κ2) is 5.42. The average molecular weight is 277 g/mol. The number of aryl methyl sites for hydroxylation is 1. The summed E-state index contributed by atoms with van der Waals surface area (Å²) in [5.74, 6) is 0. The highest BCUT2D eigenvalue weighted by atomic mass is 32.2. The number of allylic oxidation sites excluding steroid dienone is 4. The van der Waals surface area contributed by atoms with E-state index in [0.717, 1.165) is 9.87 Å². The van der Waals surface area contributed by atoms with Crippen molar-refractivity contribution in [2.45, 2.75) is 11.8 Å². The Morgan fingerprint density at radius 2 is 1.79 bits per heavy atom. The first-order chi connectivity index (χ1) is 9.05. The molecule has 0 radical (unpaired) electrons. The molecule has 19 heavy (non-hydrogen) atoms. The lowest BCUT2D eigenvalue weighted by atomic mass is 10.2. The van der Waals surface area contributed by atoms with Crippen molar-refractivity contribution in [2.75, 3.05) is 6.61 Å². The summed E-state index contributed by atoms with van der Waals surface area (Å²) in [5, 5.41) is 9.30. The number of aliphatic hydroxyl groups is 1. The number of benzene rings is 1. The summed E-state index contributed by atoms with van der Waals surface area (Å²) < 4.78 is 26.1. The monoisotopic (exact) mass is 277 g/mol. The number of rotatable bonds is 3. The third-order valence-corrected chi connectivity index (χ3v) is 4.50. The van der Waals surface area contributed by atoms with Gasteiger partial charge in [0, 0.05) is 6.20 Å². The zero-order chi connectivity index (χ0) is 13.9. The van der Waals surface area contributed by atoms with Gasteiger partial charge in [0.25, 0.3) is 10.0 Å². The zero-order valence-corrected chi connectivity index (χ0v) is 11.3. The van der Waals surface area contributed by atoms with E-state index >= 15 is 0 Å². The minimum Gasteiger partial charge on any atom is -0.390 e. The van der Waals surface area contributed by atoms with Crippen LogP contribution < -0.4 is 0 Å². The molecule has 1 aliphatic heterocycles. The zero-order valence-electron chi connectivity index (χ0n) is 10.5. The summed E-state index contributed by atoms with van der Waals surface area (Å²) in [6.07, 6.45) is 8.02. The Kier molecular flexibility index (Phi) is 3.87. The van der Waals surface area contributed by atoms with Crippen molar-refractivity contribution in [3.8, 4) is 0 Å². The minimum atomic E-state index is -3.69. The Bertz CT molecular complexity index is 640. The maximum Gasteiger partial charge on any atom is 0.267 e. The summed E-state index contributed by atoms with van der Waals surface area (Å²) in [6.45, 7) is 1.55. The van der Waals surface area contributed by atoms with Crippen LogP contribution in [0.2, 0.25) is 0 Å². The molecule has 0 spiro atoms. The van der Waals surface area contributed by atoms with Crippen LogP contribution in [0.1, 0.15) is 5.56 Å². The van der Waals surface area contributed by atoms with Crippen LogP contribution in [-0.2, 0) is 10.0 Å². The molecular weight excluding hydrogens is 262 g/mol. The van der Waals surface area contributed by atoms with Crippen molar-refractivity contribution >= 4 is 10.0 Å². The standard InChI is InChI=1S/C14H15NO3S/c1-12-6-8-14(9-7-12)19(17,18)15-10-4-2-3-5-13(15)11-16/h2-10,16H,11H2,1H3. The van der Waals surface area contributed by atoms with Crippen molar-refractivity contribution in [1.82, 2.24) is 4.31 Å². The van der Waals surface area contributed by atoms with Gasteiger partial charge in [-0.2, -0.15) is 0 Å². The molecule has 5 heteroatoms. The molecule has 0 bridgehead atoms. The van der Waals surface area contributed by atoms with Gasteiger partial charge >= 0.3 is 0 Å². The van der Waals surface area contributed by atoms with Crippen LogP contribution in [0.4, 0.5) is 0 Å². The summed E-state index contributed by atoms with van der Waals surface area (Å²) >= 11 is 0. The Balaban J connectivity index is 2.46. The van der Waals surface area contributed by atoms with Gasteiger partial charge in [0.2, 0.25) is 0 Å². The van der Waals surface area contributed by atoms with Crippen molar-refractivity contribution < 1.29 is 13.5 Å². The molecule has 0 aliphatic carbocycles. The van der Waals surface area contributed by atoms with Crippen LogP contribution in [0.15, 0.2) is 65.4 Å². The number of nitrogens with zero attached hydrogens (tertiary/aromatic N) is 1. The molecule has 1 N–H and O–H groups in total. The fraction of sp³-hybridized carbons (Fsp3) is 0.143. The molecule has 1 aromatic carbocycles. The van der Waals surface area contributed by atoms with Gasteiger partial charge in [-0.05, 0) is 31.2 Å². The third kappa shape index (κ3) is 2.77. The molecule has 0 atom stereocenters. The highest BCUT2D eigenvalue weighted by molar-refractivity contribution is 7.89. The Morgan fingerprint density at radius 3 is 2.42 bits per heavy atom. The van der Waals surface area contributed by atoms with Gasteiger partial charge in [-0.15, -0.1) is 0 Å². The first-order valence-electron chi connectivity index (χ1n) is 5.81. The SMILES string of the molecule is Cc1ccc(S(=O)(=O)N2C=CC=CC=C2CO)cc1.